The number of hydrazone groups is 1. The number of benzene rings is 3. The number of aromatic nitrogens is 1. The van der Waals surface area contributed by atoms with Crippen molar-refractivity contribution in [3.8, 4) is 22.8 Å². The summed E-state index contributed by atoms with van der Waals surface area (Å²) in [6.45, 7) is 1.68. The van der Waals surface area contributed by atoms with Crippen LogP contribution in [0.4, 0.5) is 0 Å². The van der Waals surface area contributed by atoms with Crippen LogP contribution in [0, 0.1) is 3.57 Å². The maximum Gasteiger partial charge on any atom is 0.344 e. The van der Waals surface area contributed by atoms with Crippen molar-refractivity contribution in [2.75, 3.05) is 20.3 Å². The van der Waals surface area contributed by atoms with Crippen molar-refractivity contribution in [2.45, 2.75) is 6.92 Å². The van der Waals surface area contributed by atoms with Gasteiger partial charge in [0.05, 0.1) is 36.7 Å². The van der Waals surface area contributed by atoms with Gasteiger partial charge in [-0.05, 0) is 53.8 Å². The van der Waals surface area contributed by atoms with Gasteiger partial charge in [-0.3, -0.25) is 4.79 Å². The molecule has 0 atom stereocenters. The van der Waals surface area contributed by atoms with Gasteiger partial charge in [-0.25, -0.2) is 15.2 Å². The van der Waals surface area contributed by atoms with Crippen LogP contribution in [0.1, 0.15) is 22.8 Å². The molecular formula is C28H24IN3O5. The zero-order valence-corrected chi connectivity index (χ0v) is 22.4. The Bertz CT molecular complexity index is 1460. The number of fused-ring (bicyclic) bond motifs is 1. The van der Waals surface area contributed by atoms with Crippen molar-refractivity contribution in [3.63, 3.8) is 0 Å². The van der Waals surface area contributed by atoms with Gasteiger partial charge >= 0.3 is 5.97 Å². The molecule has 0 aliphatic heterocycles. The van der Waals surface area contributed by atoms with Crippen LogP contribution < -0.4 is 14.9 Å². The molecule has 0 fully saturated rings. The first kappa shape index (κ1) is 26.1. The van der Waals surface area contributed by atoms with E-state index in [1.54, 1.807) is 25.1 Å². The van der Waals surface area contributed by atoms with E-state index in [0.717, 1.165) is 9.13 Å². The van der Waals surface area contributed by atoms with Gasteiger partial charge in [-0.2, -0.15) is 5.10 Å². The predicted molar refractivity (Wildman–Crippen MR) is 150 cm³/mol. The fourth-order valence-electron chi connectivity index (χ4n) is 3.67. The zero-order chi connectivity index (χ0) is 26.2. The number of carbonyl (C=O) groups is 2. The van der Waals surface area contributed by atoms with E-state index in [-0.39, 0.29) is 13.2 Å². The van der Waals surface area contributed by atoms with Crippen molar-refractivity contribution < 1.29 is 23.8 Å². The van der Waals surface area contributed by atoms with Gasteiger partial charge in [0.1, 0.15) is 0 Å². The second kappa shape index (κ2) is 12.3. The first-order chi connectivity index (χ1) is 18.0. The molecule has 1 heterocycles. The molecule has 1 aromatic heterocycles. The Labute approximate surface area is 227 Å². The molecule has 0 bridgehead atoms. The second-order valence-corrected chi connectivity index (χ2v) is 9.00. The van der Waals surface area contributed by atoms with Crippen LogP contribution in [0.15, 0.2) is 77.9 Å². The number of hydrogen-bond donors (Lipinski definition) is 1. The molecule has 4 aromatic rings. The van der Waals surface area contributed by atoms with Crippen molar-refractivity contribution in [2.24, 2.45) is 5.10 Å². The third kappa shape index (κ3) is 6.42. The lowest BCUT2D eigenvalue weighted by Crippen LogP contribution is -2.19. The smallest absolute Gasteiger partial charge is 0.344 e. The number of pyridine rings is 1. The largest absolute Gasteiger partial charge is 0.493 e. The highest BCUT2D eigenvalue weighted by atomic mass is 127. The number of para-hydroxylation sites is 1. The number of rotatable bonds is 9. The van der Waals surface area contributed by atoms with Crippen LogP contribution >= 0.6 is 22.6 Å². The van der Waals surface area contributed by atoms with Crippen LogP contribution in [-0.2, 0) is 9.53 Å². The summed E-state index contributed by atoms with van der Waals surface area (Å²) in [5.74, 6) is -0.150. The molecule has 0 radical (unpaired) electrons. The van der Waals surface area contributed by atoms with E-state index in [2.05, 4.69) is 33.1 Å². The van der Waals surface area contributed by atoms with Gasteiger partial charge in [0.25, 0.3) is 5.91 Å². The molecule has 1 N–H and O–H groups in total. The highest BCUT2D eigenvalue weighted by Crippen LogP contribution is 2.33. The number of esters is 1. The average Bonchev–Trinajstić information content (AvgIpc) is 2.92. The molecular weight excluding hydrogens is 585 g/mol. The first-order valence-corrected chi connectivity index (χ1v) is 12.5. The van der Waals surface area contributed by atoms with E-state index in [0.29, 0.717) is 39.2 Å². The number of nitrogens with one attached hydrogen (secondary N) is 1. The second-order valence-electron chi connectivity index (χ2n) is 7.76. The Morgan fingerprint density at radius 1 is 1.05 bits per heavy atom. The number of nitrogens with zero attached hydrogens (tertiary/aromatic N) is 2. The fourth-order valence-corrected chi connectivity index (χ4v) is 4.28. The molecule has 3 aromatic carbocycles. The molecule has 1 amide bonds. The summed E-state index contributed by atoms with van der Waals surface area (Å²) < 4.78 is 16.9. The number of amides is 1. The van der Waals surface area contributed by atoms with Crippen LogP contribution in [0.2, 0.25) is 0 Å². The molecule has 0 spiro atoms. The quantitative estimate of drug-likeness (QED) is 0.121. The van der Waals surface area contributed by atoms with Crippen LogP contribution in [0.3, 0.4) is 0 Å². The van der Waals surface area contributed by atoms with E-state index in [9.17, 15) is 9.59 Å². The maximum atomic E-state index is 13.2. The summed E-state index contributed by atoms with van der Waals surface area (Å²) in [5, 5.41) is 4.88. The lowest BCUT2D eigenvalue weighted by Gasteiger charge is -2.13. The van der Waals surface area contributed by atoms with Crippen LogP contribution in [0.25, 0.3) is 22.2 Å². The van der Waals surface area contributed by atoms with Crippen LogP contribution in [-0.4, -0.2) is 43.4 Å². The minimum absolute atomic E-state index is 0.252. The van der Waals surface area contributed by atoms with Gasteiger partial charge in [-0.15, -0.1) is 0 Å². The van der Waals surface area contributed by atoms with Crippen molar-refractivity contribution >= 4 is 51.6 Å². The lowest BCUT2D eigenvalue weighted by atomic mass is 10.0. The number of ether oxygens (including phenoxy) is 3. The fraction of sp³-hybridized carbons (Fsp3) is 0.143. The summed E-state index contributed by atoms with van der Waals surface area (Å²) in [5.41, 5.74) is 5.86. The predicted octanol–water partition coefficient (Wildman–Crippen LogP) is 5.22. The number of methoxy groups -OCH3 is 1. The van der Waals surface area contributed by atoms with Gasteiger partial charge in [0, 0.05) is 20.1 Å². The minimum atomic E-state index is -0.502. The number of carbonyl (C=O) groups excluding carboxylic acids is 2. The summed E-state index contributed by atoms with van der Waals surface area (Å²) in [6.07, 6.45) is 1.45. The minimum Gasteiger partial charge on any atom is -0.493 e. The summed E-state index contributed by atoms with van der Waals surface area (Å²) >= 11 is 2.14. The summed E-state index contributed by atoms with van der Waals surface area (Å²) in [4.78, 5) is 29.7. The maximum absolute atomic E-state index is 13.2. The Morgan fingerprint density at radius 3 is 2.57 bits per heavy atom. The molecule has 0 unspecified atom stereocenters. The Kier molecular flexibility index (Phi) is 8.68. The zero-order valence-electron chi connectivity index (χ0n) is 20.2. The van der Waals surface area contributed by atoms with E-state index in [1.165, 1.54) is 13.3 Å². The topological polar surface area (TPSA) is 99.1 Å². The van der Waals surface area contributed by atoms with Crippen LogP contribution in [0.5, 0.6) is 11.5 Å². The molecule has 4 rings (SSSR count). The first-order valence-electron chi connectivity index (χ1n) is 11.4. The molecule has 0 aliphatic rings. The molecule has 0 aliphatic carbocycles. The van der Waals surface area contributed by atoms with E-state index in [1.807, 2.05) is 54.6 Å². The molecule has 37 heavy (non-hydrogen) atoms. The standard InChI is InChI=1S/C28H24IN3O5/c1-3-36-26(33)17-37-27-19(13-20(29)14-25(27)35-2)16-30-32-28(34)22-15-24(18-9-5-4-6-10-18)31-23-12-8-7-11-21(22)23/h4-16H,3,17H2,1-2H3,(H,32,34)/b30-16-. The van der Waals surface area contributed by atoms with Gasteiger partial charge in [0.2, 0.25) is 0 Å². The third-order valence-corrected chi connectivity index (χ3v) is 5.93. The Balaban J connectivity index is 1.62. The summed E-state index contributed by atoms with van der Waals surface area (Å²) in [7, 11) is 1.50. The van der Waals surface area contributed by atoms with Gasteiger partial charge < -0.3 is 14.2 Å². The number of hydrogen-bond acceptors (Lipinski definition) is 7. The SMILES string of the molecule is CCOC(=O)COc1c(/C=N\NC(=O)c2cc(-c3ccccc3)nc3ccccc23)cc(I)cc1OC. The third-order valence-electron chi connectivity index (χ3n) is 5.31. The van der Waals surface area contributed by atoms with Gasteiger partial charge in [-0.1, -0.05) is 48.5 Å². The molecule has 9 heteroatoms. The molecule has 0 saturated heterocycles. The highest BCUT2D eigenvalue weighted by Gasteiger charge is 2.16. The van der Waals surface area contributed by atoms with E-state index in [4.69, 9.17) is 19.2 Å². The summed E-state index contributed by atoms with van der Waals surface area (Å²) in [6, 6.07) is 22.4. The Morgan fingerprint density at radius 2 is 1.81 bits per heavy atom. The normalized spacial score (nSPS) is 10.9. The van der Waals surface area contributed by atoms with Crippen molar-refractivity contribution in [3.05, 3.63) is 87.5 Å². The molecule has 0 saturated carbocycles. The van der Waals surface area contributed by atoms with E-state index < -0.39 is 11.9 Å². The van der Waals surface area contributed by atoms with Crippen molar-refractivity contribution in [1.29, 1.82) is 0 Å². The highest BCUT2D eigenvalue weighted by molar-refractivity contribution is 14.1. The lowest BCUT2D eigenvalue weighted by molar-refractivity contribution is -0.145. The molecule has 188 valence electrons. The average molecular weight is 609 g/mol. The van der Waals surface area contributed by atoms with E-state index >= 15 is 0 Å². The number of halogens is 1. The Hall–Kier alpha value is -3.99. The molecule has 8 nitrogen and oxygen atoms in total. The monoisotopic (exact) mass is 609 g/mol. The van der Waals surface area contributed by atoms with Crippen molar-refractivity contribution in [1.82, 2.24) is 10.4 Å². The van der Waals surface area contributed by atoms with Gasteiger partial charge in [0.15, 0.2) is 18.1 Å².